The van der Waals surface area contributed by atoms with Gasteiger partial charge in [0.25, 0.3) is 0 Å². The van der Waals surface area contributed by atoms with E-state index in [1.807, 2.05) is 0 Å². The highest BCUT2D eigenvalue weighted by atomic mass is 35.5. The van der Waals surface area contributed by atoms with Gasteiger partial charge in [-0.15, -0.1) is 12.4 Å². The molecule has 10 heavy (non-hydrogen) atoms. The summed E-state index contributed by atoms with van der Waals surface area (Å²) in [6.45, 7) is 0. The molecule has 0 spiro atoms. The molecule has 0 aliphatic heterocycles. The van der Waals surface area contributed by atoms with Gasteiger partial charge in [-0.3, -0.25) is 0 Å². The van der Waals surface area contributed by atoms with Crippen LogP contribution in [0.3, 0.4) is 0 Å². The molecule has 2 aliphatic rings. The number of nitrogens with two attached hydrogens (primary N) is 1. The zero-order chi connectivity index (χ0) is 6.27. The van der Waals surface area contributed by atoms with E-state index in [1.54, 1.807) is 0 Å². The van der Waals surface area contributed by atoms with Crippen LogP contribution < -0.4 is 5.73 Å². The van der Waals surface area contributed by atoms with E-state index >= 15 is 0 Å². The van der Waals surface area contributed by atoms with Crippen LogP contribution in [0, 0.1) is 0 Å². The molecular weight excluding hydrogens is 150 g/mol. The Labute approximate surface area is 67.5 Å². The molecule has 60 valence electrons. The third-order valence-electron chi connectivity index (χ3n) is 2.04. The van der Waals surface area contributed by atoms with E-state index in [4.69, 9.17) is 10.5 Å². The van der Waals surface area contributed by atoms with Gasteiger partial charge in [-0.2, -0.15) is 0 Å². The molecule has 0 heterocycles. The third-order valence-corrected chi connectivity index (χ3v) is 2.04. The highest BCUT2D eigenvalue weighted by molar-refractivity contribution is 5.85. The molecule has 0 bridgehead atoms. The molecule has 2 fully saturated rings. The summed E-state index contributed by atoms with van der Waals surface area (Å²) >= 11 is 0. The van der Waals surface area contributed by atoms with Gasteiger partial charge in [-0.05, 0) is 25.7 Å². The summed E-state index contributed by atoms with van der Waals surface area (Å²) in [4.78, 5) is 0. The van der Waals surface area contributed by atoms with Crippen LogP contribution in [0.5, 0.6) is 0 Å². The van der Waals surface area contributed by atoms with Crippen molar-refractivity contribution in [1.29, 1.82) is 0 Å². The zero-order valence-corrected chi connectivity index (χ0v) is 6.77. The first kappa shape index (κ1) is 8.31. The van der Waals surface area contributed by atoms with Crippen LogP contribution in [-0.2, 0) is 4.74 Å². The van der Waals surface area contributed by atoms with Crippen LogP contribution in [-0.4, -0.2) is 18.2 Å². The minimum Gasteiger partial charge on any atom is -0.375 e. The van der Waals surface area contributed by atoms with Crippen LogP contribution in [0.2, 0.25) is 0 Å². The SMILES string of the molecule is Cl.NC1CC(OC2CC2)C1. The summed E-state index contributed by atoms with van der Waals surface area (Å²) in [6.07, 6.45) is 5.89. The lowest BCUT2D eigenvalue weighted by molar-refractivity contribution is -0.0190. The van der Waals surface area contributed by atoms with E-state index in [-0.39, 0.29) is 12.4 Å². The molecule has 0 aromatic carbocycles. The Balaban J connectivity index is 0.000000500. The number of ether oxygens (including phenoxy) is 1. The Morgan fingerprint density at radius 2 is 1.70 bits per heavy atom. The minimum absolute atomic E-state index is 0. The Morgan fingerprint density at radius 3 is 2.10 bits per heavy atom. The van der Waals surface area contributed by atoms with Crippen LogP contribution in [0.25, 0.3) is 0 Å². The van der Waals surface area contributed by atoms with Crippen molar-refractivity contribution < 1.29 is 4.74 Å². The standard InChI is InChI=1S/C7H13NO.ClH/c8-5-3-7(4-5)9-6-1-2-6;/h5-7H,1-4,8H2;1H. The summed E-state index contributed by atoms with van der Waals surface area (Å²) in [5.41, 5.74) is 5.59. The van der Waals surface area contributed by atoms with Crippen molar-refractivity contribution >= 4 is 12.4 Å². The van der Waals surface area contributed by atoms with Crippen molar-refractivity contribution in [3.63, 3.8) is 0 Å². The quantitative estimate of drug-likeness (QED) is 0.661. The first-order valence-electron chi connectivity index (χ1n) is 3.75. The fourth-order valence-electron chi connectivity index (χ4n) is 1.19. The largest absolute Gasteiger partial charge is 0.375 e. The monoisotopic (exact) mass is 163 g/mol. The molecule has 2 rings (SSSR count). The summed E-state index contributed by atoms with van der Waals surface area (Å²) in [6, 6.07) is 0.439. The van der Waals surface area contributed by atoms with E-state index in [1.165, 1.54) is 12.8 Å². The fourth-order valence-corrected chi connectivity index (χ4v) is 1.19. The molecule has 3 heteroatoms. The second-order valence-electron chi connectivity index (χ2n) is 3.19. The van der Waals surface area contributed by atoms with Gasteiger partial charge in [-0.25, -0.2) is 0 Å². The average Bonchev–Trinajstić information content (AvgIpc) is 2.45. The van der Waals surface area contributed by atoms with Crippen LogP contribution in [0.4, 0.5) is 0 Å². The highest BCUT2D eigenvalue weighted by Gasteiger charge is 2.32. The van der Waals surface area contributed by atoms with Gasteiger partial charge in [0.1, 0.15) is 0 Å². The predicted molar refractivity (Wildman–Crippen MR) is 42.4 cm³/mol. The Morgan fingerprint density at radius 1 is 1.10 bits per heavy atom. The molecule has 2 aliphatic carbocycles. The van der Waals surface area contributed by atoms with Gasteiger partial charge in [0.05, 0.1) is 12.2 Å². The van der Waals surface area contributed by atoms with E-state index in [9.17, 15) is 0 Å². The van der Waals surface area contributed by atoms with E-state index in [0.29, 0.717) is 18.2 Å². The summed E-state index contributed by atoms with van der Waals surface area (Å²) < 4.78 is 5.59. The highest BCUT2D eigenvalue weighted by Crippen LogP contribution is 2.31. The third kappa shape index (κ3) is 1.84. The second-order valence-corrected chi connectivity index (χ2v) is 3.19. The number of hydrogen-bond donors (Lipinski definition) is 1. The lowest BCUT2D eigenvalue weighted by atomic mass is 9.90. The summed E-state index contributed by atoms with van der Waals surface area (Å²) in [7, 11) is 0. The predicted octanol–water partition coefficient (Wildman–Crippen LogP) is 1.08. The maximum Gasteiger partial charge on any atom is 0.0608 e. The molecule has 0 saturated heterocycles. The van der Waals surface area contributed by atoms with Crippen LogP contribution >= 0.6 is 12.4 Å². The Bertz CT molecular complexity index is 110. The molecule has 0 radical (unpaired) electrons. The molecule has 0 aromatic rings. The van der Waals surface area contributed by atoms with E-state index in [2.05, 4.69) is 0 Å². The van der Waals surface area contributed by atoms with E-state index in [0.717, 1.165) is 12.8 Å². The first-order valence-corrected chi connectivity index (χ1v) is 3.75. The van der Waals surface area contributed by atoms with Gasteiger partial charge >= 0.3 is 0 Å². The molecule has 2 nitrogen and oxygen atoms in total. The fraction of sp³-hybridized carbons (Fsp3) is 1.00. The minimum atomic E-state index is 0. The zero-order valence-electron chi connectivity index (χ0n) is 5.95. The molecule has 2 saturated carbocycles. The van der Waals surface area contributed by atoms with Crippen LogP contribution in [0.15, 0.2) is 0 Å². The molecule has 0 amide bonds. The average molecular weight is 164 g/mol. The van der Waals surface area contributed by atoms with Crippen molar-refractivity contribution in [2.45, 2.75) is 43.9 Å². The van der Waals surface area contributed by atoms with Crippen molar-refractivity contribution in [3.8, 4) is 0 Å². The molecule has 0 atom stereocenters. The van der Waals surface area contributed by atoms with E-state index < -0.39 is 0 Å². The maximum atomic E-state index is 5.59. The van der Waals surface area contributed by atoms with Crippen molar-refractivity contribution in [3.05, 3.63) is 0 Å². The molecule has 0 aromatic heterocycles. The van der Waals surface area contributed by atoms with Gasteiger partial charge in [-0.1, -0.05) is 0 Å². The Kier molecular flexibility index (Phi) is 2.55. The first-order chi connectivity index (χ1) is 4.34. The van der Waals surface area contributed by atoms with Crippen LogP contribution in [0.1, 0.15) is 25.7 Å². The molecule has 2 N–H and O–H groups in total. The van der Waals surface area contributed by atoms with Gasteiger partial charge in [0, 0.05) is 6.04 Å². The molecular formula is C7H14ClNO. The normalized spacial score (nSPS) is 38.1. The maximum absolute atomic E-state index is 5.59. The van der Waals surface area contributed by atoms with Gasteiger partial charge in [0.15, 0.2) is 0 Å². The second kappa shape index (κ2) is 3.07. The van der Waals surface area contributed by atoms with Crippen molar-refractivity contribution in [2.24, 2.45) is 5.73 Å². The smallest absolute Gasteiger partial charge is 0.0608 e. The summed E-state index contributed by atoms with van der Waals surface area (Å²) in [5, 5.41) is 0. The van der Waals surface area contributed by atoms with Gasteiger partial charge < -0.3 is 10.5 Å². The lowest BCUT2D eigenvalue weighted by Gasteiger charge is -2.32. The summed E-state index contributed by atoms with van der Waals surface area (Å²) in [5.74, 6) is 0. The molecule has 0 unspecified atom stereocenters. The number of halogens is 1. The Hall–Kier alpha value is 0.210. The number of hydrogen-bond acceptors (Lipinski definition) is 2. The van der Waals surface area contributed by atoms with Gasteiger partial charge in [0.2, 0.25) is 0 Å². The topological polar surface area (TPSA) is 35.2 Å². The van der Waals surface area contributed by atoms with Crippen molar-refractivity contribution in [1.82, 2.24) is 0 Å². The number of rotatable bonds is 2. The van der Waals surface area contributed by atoms with Crippen molar-refractivity contribution in [2.75, 3.05) is 0 Å². The lowest BCUT2D eigenvalue weighted by Crippen LogP contribution is -2.41.